The highest BCUT2D eigenvalue weighted by Crippen LogP contribution is 2.02. The Kier molecular flexibility index (Phi) is 3.43. The van der Waals surface area contributed by atoms with Gasteiger partial charge in [0.15, 0.2) is 5.82 Å². The van der Waals surface area contributed by atoms with Crippen molar-refractivity contribution in [3.63, 3.8) is 0 Å². The second-order valence-corrected chi connectivity index (χ2v) is 3.61. The molecule has 17 heavy (non-hydrogen) atoms. The van der Waals surface area contributed by atoms with Crippen molar-refractivity contribution in [3.8, 4) is 6.07 Å². The first-order valence-corrected chi connectivity index (χ1v) is 5.20. The van der Waals surface area contributed by atoms with Gasteiger partial charge < -0.3 is 5.32 Å². The number of benzene rings is 1. The van der Waals surface area contributed by atoms with Crippen LogP contribution >= 0.6 is 0 Å². The molecule has 6 nitrogen and oxygen atoms in total. The van der Waals surface area contributed by atoms with Crippen LogP contribution in [0.2, 0.25) is 0 Å². The van der Waals surface area contributed by atoms with E-state index >= 15 is 0 Å². The van der Waals surface area contributed by atoms with Crippen LogP contribution in [0.15, 0.2) is 24.3 Å². The third-order valence-corrected chi connectivity index (χ3v) is 2.25. The summed E-state index contributed by atoms with van der Waals surface area (Å²) in [6.07, 6.45) is 0. The van der Waals surface area contributed by atoms with Crippen molar-refractivity contribution in [1.82, 2.24) is 25.5 Å². The van der Waals surface area contributed by atoms with E-state index in [0.717, 1.165) is 5.56 Å². The Morgan fingerprint density at radius 1 is 1.29 bits per heavy atom. The molecule has 0 atom stereocenters. The largest absolute Gasteiger partial charge is 0.306 e. The van der Waals surface area contributed by atoms with Crippen LogP contribution in [-0.2, 0) is 20.1 Å². The molecule has 0 saturated heterocycles. The maximum atomic E-state index is 8.66. The second-order valence-electron chi connectivity index (χ2n) is 3.61. The molecule has 2 aromatic rings. The van der Waals surface area contributed by atoms with Crippen LogP contribution in [0.1, 0.15) is 17.0 Å². The molecule has 0 bridgehead atoms. The minimum Gasteiger partial charge on any atom is -0.306 e. The van der Waals surface area contributed by atoms with E-state index in [2.05, 4.69) is 26.8 Å². The molecule has 1 N–H and O–H groups in total. The molecule has 2 rings (SSSR count). The topological polar surface area (TPSA) is 79.4 Å². The van der Waals surface area contributed by atoms with Crippen molar-refractivity contribution in [2.24, 2.45) is 7.05 Å². The van der Waals surface area contributed by atoms with Gasteiger partial charge in [-0.2, -0.15) is 10.1 Å². The summed E-state index contributed by atoms with van der Waals surface area (Å²) in [5.74, 6) is 0.668. The highest BCUT2D eigenvalue weighted by molar-refractivity contribution is 5.31. The van der Waals surface area contributed by atoms with Crippen molar-refractivity contribution < 1.29 is 0 Å². The number of tetrazole rings is 1. The number of aromatic nitrogens is 4. The molecule has 0 aliphatic heterocycles. The van der Waals surface area contributed by atoms with Crippen LogP contribution in [0, 0.1) is 11.3 Å². The van der Waals surface area contributed by atoms with Gasteiger partial charge in [0.1, 0.15) is 0 Å². The maximum absolute atomic E-state index is 8.66. The Bertz CT molecular complexity index is 522. The van der Waals surface area contributed by atoms with Gasteiger partial charge in [-0.3, -0.25) is 0 Å². The molecule has 86 valence electrons. The fourth-order valence-electron chi connectivity index (χ4n) is 1.41. The summed E-state index contributed by atoms with van der Waals surface area (Å²) in [6, 6.07) is 9.55. The van der Waals surface area contributed by atoms with Crippen molar-refractivity contribution in [2.45, 2.75) is 13.1 Å². The summed E-state index contributed by atoms with van der Waals surface area (Å²) in [5, 5.41) is 23.5. The van der Waals surface area contributed by atoms with Gasteiger partial charge in [0.25, 0.3) is 0 Å². The minimum absolute atomic E-state index is 0.577. The Morgan fingerprint density at radius 3 is 2.65 bits per heavy atom. The number of rotatable bonds is 4. The lowest BCUT2D eigenvalue weighted by Crippen LogP contribution is -2.14. The zero-order chi connectivity index (χ0) is 12.1. The standard InChI is InChI=1S/C11H12N6/c1-17-15-11(14-16-17)8-13-7-10-4-2-9(6-12)3-5-10/h2-5,13H,7-8H2,1H3. The van der Waals surface area contributed by atoms with E-state index in [1.54, 1.807) is 19.2 Å². The lowest BCUT2D eigenvalue weighted by Gasteiger charge is -2.01. The number of hydrogen-bond donors (Lipinski definition) is 1. The van der Waals surface area contributed by atoms with E-state index in [9.17, 15) is 0 Å². The van der Waals surface area contributed by atoms with E-state index < -0.39 is 0 Å². The lowest BCUT2D eigenvalue weighted by molar-refractivity contribution is 0.619. The number of nitrogens with one attached hydrogen (secondary N) is 1. The van der Waals surface area contributed by atoms with Crippen molar-refractivity contribution >= 4 is 0 Å². The van der Waals surface area contributed by atoms with Crippen LogP contribution < -0.4 is 5.32 Å². The number of hydrogen-bond acceptors (Lipinski definition) is 5. The van der Waals surface area contributed by atoms with Crippen LogP contribution in [0.25, 0.3) is 0 Å². The Labute approximate surface area is 98.9 Å². The SMILES string of the molecule is Cn1nnc(CNCc2ccc(C#N)cc2)n1. The van der Waals surface area contributed by atoms with Gasteiger partial charge in [0.2, 0.25) is 0 Å². The quantitative estimate of drug-likeness (QED) is 0.818. The van der Waals surface area contributed by atoms with Gasteiger partial charge in [-0.1, -0.05) is 12.1 Å². The average molecular weight is 228 g/mol. The van der Waals surface area contributed by atoms with Crippen LogP contribution in [-0.4, -0.2) is 20.2 Å². The monoisotopic (exact) mass is 228 g/mol. The van der Waals surface area contributed by atoms with Gasteiger partial charge in [-0.15, -0.1) is 10.2 Å². The molecule has 0 saturated carbocycles. The molecule has 1 aromatic carbocycles. The fraction of sp³-hybridized carbons (Fsp3) is 0.273. The first kappa shape index (κ1) is 11.2. The number of aryl methyl sites for hydroxylation is 1. The third kappa shape index (κ3) is 3.09. The highest BCUT2D eigenvalue weighted by Gasteiger charge is 1.99. The molecule has 0 unspecified atom stereocenters. The summed E-state index contributed by atoms with van der Waals surface area (Å²) in [7, 11) is 1.73. The van der Waals surface area contributed by atoms with Crippen LogP contribution in [0.4, 0.5) is 0 Å². The Hall–Kier alpha value is -2.26. The van der Waals surface area contributed by atoms with Crippen LogP contribution in [0.5, 0.6) is 0 Å². The van der Waals surface area contributed by atoms with Crippen molar-refractivity contribution in [2.75, 3.05) is 0 Å². The van der Waals surface area contributed by atoms with Gasteiger partial charge in [-0.25, -0.2) is 0 Å². The number of nitrogens with zero attached hydrogens (tertiary/aromatic N) is 5. The molecule has 0 aliphatic rings. The normalized spacial score (nSPS) is 10.1. The minimum atomic E-state index is 0.577. The van der Waals surface area contributed by atoms with E-state index in [1.165, 1.54) is 4.80 Å². The fourth-order valence-corrected chi connectivity index (χ4v) is 1.41. The first-order chi connectivity index (χ1) is 8.28. The van der Waals surface area contributed by atoms with E-state index in [1.807, 2.05) is 12.1 Å². The molecular formula is C11H12N6. The predicted octanol–water partition coefficient (Wildman–Crippen LogP) is 0.372. The van der Waals surface area contributed by atoms with Crippen molar-refractivity contribution in [3.05, 3.63) is 41.2 Å². The Balaban J connectivity index is 1.84. The van der Waals surface area contributed by atoms with Gasteiger partial charge >= 0.3 is 0 Å². The average Bonchev–Trinajstić information content (AvgIpc) is 2.76. The van der Waals surface area contributed by atoms with Crippen LogP contribution in [0.3, 0.4) is 0 Å². The van der Waals surface area contributed by atoms with Crippen molar-refractivity contribution in [1.29, 1.82) is 5.26 Å². The molecule has 0 spiro atoms. The summed E-state index contributed by atoms with van der Waals surface area (Å²) in [5.41, 5.74) is 1.79. The predicted molar refractivity (Wildman–Crippen MR) is 60.5 cm³/mol. The molecular weight excluding hydrogens is 216 g/mol. The maximum Gasteiger partial charge on any atom is 0.188 e. The molecule has 1 heterocycles. The van der Waals surface area contributed by atoms with Gasteiger partial charge in [-0.05, 0) is 22.9 Å². The summed E-state index contributed by atoms with van der Waals surface area (Å²) in [6.45, 7) is 1.29. The van der Waals surface area contributed by atoms with E-state index in [-0.39, 0.29) is 0 Å². The van der Waals surface area contributed by atoms with Gasteiger partial charge in [0, 0.05) is 6.54 Å². The Morgan fingerprint density at radius 2 is 2.06 bits per heavy atom. The summed E-state index contributed by atoms with van der Waals surface area (Å²) in [4.78, 5) is 1.43. The van der Waals surface area contributed by atoms with E-state index in [4.69, 9.17) is 5.26 Å². The third-order valence-electron chi connectivity index (χ3n) is 2.25. The zero-order valence-corrected chi connectivity index (χ0v) is 9.46. The summed E-state index contributed by atoms with van der Waals surface area (Å²) < 4.78 is 0. The summed E-state index contributed by atoms with van der Waals surface area (Å²) >= 11 is 0. The lowest BCUT2D eigenvalue weighted by atomic mass is 10.1. The number of nitriles is 1. The first-order valence-electron chi connectivity index (χ1n) is 5.20. The molecule has 0 fully saturated rings. The smallest absolute Gasteiger partial charge is 0.188 e. The molecule has 0 radical (unpaired) electrons. The molecule has 0 amide bonds. The van der Waals surface area contributed by atoms with E-state index in [0.29, 0.717) is 24.5 Å². The zero-order valence-electron chi connectivity index (χ0n) is 9.46. The molecule has 6 heteroatoms. The highest BCUT2D eigenvalue weighted by atomic mass is 15.6. The van der Waals surface area contributed by atoms with Gasteiger partial charge in [0.05, 0.1) is 25.2 Å². The second kappa shape index (κ2) is 5.18. The molecule has 0 aliphatic carbocycles. The molecule has 1 aromatic heterocycles.